The van der Waals surface area contributed by atoms with Crippen LogP contribution in [-0.2, 0) is 10.0 Å². The number of rotatable bonds is 2. The molecule has 0 N–H and O–H groups in total. The minimum Gasteiger partial charge on any atom is -0.207 e. The molecule has 2 rings (SSSR count). The van der Waals surface area contributed by atoms with Crippen LogP contribution in [0.3, 0.4) is 0 Å². The van der Waals surface area contributed by atoms with Gasteiger partial charge in [0.2, 0.25) is 10.0 Å². The van der Waals surface area contributed by atoms with Crippen molar-refractivity contribution < 1.29 is 12.8 Å². The van der Waals surface area contributed by atoms with Crippen LogP contribution in [0.1, 0.15) is 26.2 Å². The fraction of sp³-hybridized carbons (Fsp3) is 0.538. The summed E-state index contributed by atoms with van der Waals surface area (Å²) >= 11 is 3.03. The molecule has 1 saturated heterocycles. The molecule has 1 unspecified atom stereocenters. The summed E-state index contributed by atoms with van der Waals surface area (Å²) in [5.74, 6) is -0.00822. The predicted molar refractivity (Wildman–Crippen MR) is 75.9 cm³/mol. The first-order chi connectivity index (χ1) is 8.91. The predicted octanol–water partition coefficient (Wildman–Crippen LogP) is 3.40. The van der Waals surface area contributed by atoms with Gasteiger partial charge in [-0.15, -0.1) is 0 Å². The summed E-state index contributed by atoms with van der Waals surface area (Å²) in [6, 6.07) is 3.95. The van der Waals surface area contributed by atoms with E-state index in [9.17, 15) is 12.8 Å². The molecule has 6 heteroatoms. The van der Waals surface area contributed by atoms with Gasteiger partial charge in [0.1, 0.15) is 5.82 Å². The lowest BCUT2D eigenvalue weighted by Crippen LogP contribution is -2.32. The largest absolute Gasteiger partial charge is 0.243 e. The molecular formula is C13H17BrFNO2S. The maximum absolute atomic E-state index is 13.5. The van der Waals surface area contributed by atoms with Crippen molar-refractivity contribution in [2.75, 3.05) is 13.1 Å². The Balaban J connectivity index is 2.28. The van der Waals surface area contributed by atoms with Crippen LogP contribution in [0.5, 0.6) is 0 Å². The molecule has 1 aromatic rings. The Labute approximate surface area is 122 Å². The average Bonchev–Trinajstić information content (AvgIpc) is 2.57. The highest BCUT2D eigenvalue weighted by atomic mass is 79.9. The fourth-order valence-corrected chi connectivity index (χ4v) is 4.02. The summed E-state index contributed by atoms with van der Waals surface area (Å²) in [4.78, 5) is 0.0303. The highest BCUT2D eigenvalue weighted by molar-refractivity contribution is 9.10. The van der Waals surface area contributed by atoms with Crippen LogP contribution in [0.25, 0.3) is 0 Å². The van der Waals surface area contributed by atoms with E-state index in [1.807, 2.05) is 0 Å². The van der Waals surface area contributed by atoms with Crippen molar-refractivity contribution >= 4 is 26.0 Å². The molecular weight excluding hydrogens is 333 g/mol. The molecule has 1 atom stereocenters. The van der Waals surface area contributed by atoms with Crippen LogP contribution in [0.4, 0.5) is 4.39 Å². The van der Waals surface area contributed by atoms with E-state index in [1.54, 1.807) is 0 Å². The molecule has 0 bridgehead atoms. The quantitative estimate of drug-likeness (QED) is 0.820. The maximum atomic E-state index is 13.5. The van der Waals surface area contributed by atoms with E-state index >= 15 is 0 Å². The summed E-state index contributed by atoms with van der Waals surface area (Å²) in [6.07, 6.45) is 2.76. The van der Waals surface area contributed by atoms with E-state index in [0.717, 1.165) is 25.3 Å². The van der Waals surface area contributed by atoms with E-state index in [2.05, 4.69) is 22.9 Å². The lowest BCUT2D eigenvalue weighted by molar-refractivity contribution is 0.416. The minimum absolute atomic E-state index is 0.0303. The Hall–Kier alpha value is -0.460. The van der Waals surface area contributed by atoms with E-state index in [0.29, 0.717) is 19.0 Å². The van der Waals surface area contributed by atoms with Gasteiger partial charge in [0.15, 0.2) is 0 Å². The number of halogens is 2. The van der Waals surface area contributed by atoms with Crippen molar-refractivity contribution in [3.8, 4) is 0 Å². The van der Waals surface area contributed by atoms with Crippen LogP contribution in [-0.4, -0.2) is 25.8 Å². The lowest BCUT2D eigenvalue weighted by atomic mass is 10.0. The highest BCUT2D eigenvalue weighted by Gasteiger charge is 2.27. The molecule has 1 fully saturated rings. The first kappa shape index (κ1) is 14.9. The van der Waals surface area contributed by atoms with Gasteiger partial charge < -0.3 is 0 Å². The zero-order valence-corrected chi connectivity index (χ0v) is 13.2. The SMILES string of the molecule is CC1CCCN(S(=O)(=O)c2ccc(Br)c(F)c2)CC1. The zero-order valence-electron chi connectivity index (χ0n) is 10.8. The van der Waals surface area contributed by atoms with Gasteiger partial charge in [-0.25, -0.2) is 12.8 Å². The number of hydrogen-bond acceptors (Lipinski definition) is 2. The molecule has 19 heavy (non-hydrogen) atoms. The van der Waals surface area contributed by atoms with Gasteiger partial charge in [-0.1, -0.05) is 6.92 Å². The summed E-state index contributed by atoms with van der Waals surface area (Å²) in [5, 5.41) is 0. The number of hydrogen-bond donors (Lipinski definition) is 0. The molecule has 1 aromatic carbocycles. The Morgan fingerprint density at radius 2 is 2.05 bits per heavy atom. The Kier molecular flexibility index (Phi) is 4.63. The highest BCUT2D eigenvalue weighted by Crippen LogP contribution is 2.25. The number of benzene rings is 1. The number of sulfonamides is 1. The monoisotopic (exact) mass is 349 g/mol. The van der Waals surface area contributed by atoms with Crippen LogP contribution >= 0.6 is 15.9 Å². The molecule has 3 nitrogen and oxygen atoms in total. The van der Waals surface area contributed by atoms with E-state index in [-0.39, 0.29) is 9.37 Å². The second kappa shape index (κ2) is 5.89. The van der Waals surface area contributed by atoms with Crippen LogP contribution in [0.15, 0.2) is 27.6 Å². The zero-order chi connectivity index (χ0) is 14.0. The van der Waals surface area contributed by atoms with Gasteiger partial charge in [-0.2, -0.15) is 4.31 Å². The van der Waals surface area contributed by atoms with Gasteiger partial charge in [0.05, 0.1) is 9.37 Å². The van der Waals surface area contributed by atoms with Gasteiger partial charge in [0.25, 0.3) is 0 Å². The molecule has 1 aliphatic rings. The Morgan fingerprint density at radius 1 is 1.32 bits per heavy atom. The lowest BCUT2D eigenvalue weighted by Gasteiger charge is -2.20. The van der Waals surface area contributed by atoms with Crippen molar-refractivity contribution in [2.45, 2.75) is 31.1 Å². The molecule has 0 saturated carbocycles. The Morgan fingerprint density at radius 3 is 2.74 bits per heavy atom. The summed E-state index contributed by atoms with van der Waals surface area (Å²) in [7, 11) is -3.58. The van der Waals surface area contributed by atoms with Gasteiger partial charge in [-0.05, 0) is 59.3 Å². The molecule has 106 valence electrons. The summed E-state index contributed by atoms with van der Waals surface area (Å²) in [6.45, 7) is 3.17. The van der Waals surface area contributed by atoms with Crippen molar-refractivity contribution in [1.82, 2.24) is 4.31 Å². The Bertz CT molecular complexity index is 562. The molecule has 0 radical (unpaired) electrons. The van der Waals surface area contributed by atoms with Crippen LogP contribution in [0, 0.1) is 11.7 Å². The van der Waals surface area contributed by atoms with Crippen molar-refractivity contribution in [2.24, 2.45) is 5.92 Å². The first-order valence-electron chi connectivity index (χ1n) is 6.36. The van der Waals surface area contributed by atoms with Crippen molar-refractivity contribution in [3.63, 3.8) is 0 Å². The molecule has 1 aliphatic heterocycles. The van der Waals surface area contributed by atoms with Gasteiger partial charge >= 0.3 is 0 Å². The van der Waals surface area contributed by atoms with Gasteiger partial charge in [0, 0.05) is 13.1 Å². The topological polar surface area (TPSA) is 37.4 Å². The second-order valence-electron chi connectivity index (χ2n) is 5.02. The smallest absolute Gasteiger partial charge is 0.207 e. The molecule has 0 aliphatic carbocycles. The van der Waals surface area contributed by atoms with E-state index < -0.39 is 15.8 Å². The van der Waals surface area contributed by atoms with E-state index in [1.165, 1.54) is 16.4 Å². The van der Waals surface area contributed by atoms with Crippen LogP contribution < -0.4 is 0 Å². The summed E-state index contributed by atoms with van der Waals surface area (Å²) < 4.78 is 40.1. The minimum atomic E-state index is -3.58. The first-order valence-corrected chi connectivity index (χ1v) is 8.60. The third kappa shape index (κ3) is 3.35. The molecule has 1 heterocycles. The fourth-order valence-electron chi connectivity index (χ4n) is 2.26. The van der Waals surface area contributed by atoms with Crippen LogP contribution in [0.2, 0.25) is 0 Å². The third-order valence-electron chi connectivity index (χ3n) is 3.50. The number of nitrogens with zero attached hydrogens (tertiary/aromatic N) is 1. The second-order valence-corrected chi connectivity index (χ2v) is 7.81. The molecule has 0 spiro atoms. The van der Waals surface area contributed by atoms with Gasteiger partial charge in [-0.3, -0.25) is 0 Å². The van der Waals surface area contributed by atoms with Crippen molar-refractivity contribution in [1.29, 1.82) is 0 Å². The third-order valence-corrected chi connectivity index (χ3v) is 6.04. The van der Waals surface area contributed by atoms with E-state index in [4.69, 9.17) is 0 Å². The normalized spacial score (nSPS) is 22.2. The molecule has 0 amide bonds. The summed E-state index contributed by atoms with van der Waals surface area (Å²) in [5.41, 5.74) is 0. The maximum Gasteiger partial charge on any atom is 0.243 e. The standard InChI is InChI=1S/C13H17BrFNO2S/c1-10-3-2-7-16(8-6-10)19(17,18)11-4-5-12(14)13(15)9-11/h4-5,9-10H,2-3,6-8H2,1H3. The molecule has 0 aromatic heterocycles. The van der Waals surface area contributed by atoms with Crippen molar-refractivity contribution in [3.05, 3.63) is 28.5 Å². The average molecular weight is 350 g/mol.